The van der Waals surface area contributed by atoms with Crippen LogP contribution in [0, 0.1) is 0 Å². The monoisotopic (exact) mass is 469 g/mol. The number of nitrogens with one attached hydrogen (secondary N) is 1. The standard InChI is InChI=1S/C25H22F3N3O3/c1-33-21-11-10-16(12-22(21)34-2)13-23-30-19-8-3-4-9-20(19)31(23)15-24(32)29-18-7-5-6-17(14-18)25(26,27)28/h3-12,14H,13,15H2,1-2H3,(H,29,32). The lowest BCUT2D eigenvalue weighted by atomic mass is 10.1. The maximum absolute atomic E-state index is 13.0. The number of methoxy groups -OCH3 is 2. The van der Waals surface area contributed by atoms with Gasteiger partial charge in [-0.05, 0) is 48.0 Å². The highest BCUT2D eigenvalue weighted by Crippen LogP contribution is 2.31. The molecule has 0 atom stereocenters. The summed E-state index contributed by atoms with van der Waals surface area (Å²) in [5.74, 6) is 1.34. The number of carbonyl (C=O) groups excluding carboxylic acids is 1. The molecule has 9 heteroatoms. The second kappa shape index (κ2) is 9.46. The van der Waals surface area contributed by atoms with Crippen molar-refractivity contribution >= 4 is 22.6 Å². The number of amides is 1. The summed E-state index contributed by atoms with van der Waals surface area (Å²) in [5, 5.41) is 2.56. The van der Waals surface area contributed by atoms with Crippen molar-refractivity contribution in [2.75, 3.05) is 19.5 Å². The SMILES string of the molecule is COc1ccc(Cc2nc3ccccc3n2CC(=O)Nc2cccc(C(F)(F)F)c2)cc1OC. The maximum Gasteiger partial charge on any atom is 0.416 e. The molecule has 1 heterocycles. The van der Waals surface area contributed by atoms with Crippen LogP contribution < -0.4 is 14.8 Å². The molecule has 0 unspecified atom stereocenters. The van der Waals surface area contributed by atoms with Crippen LogP contribution in [0.3, 0.4) is 0 Å². The molecule has 0 bridgehead atoms. The fraction of sp³-hybridized carbons (Fsp3) is 0.200. The first-order chi connectivity index (χ1) is 16.3. The highest BCUT2D eigenvalue weighted by Gasteiger charge is 2.30. The summed E-state index contributed by atoms with van der Waals surface area (Å²) in [4.78, 5) is 17.5. The van der Waals surface area contributed by atoms with Crippen molar-refractivity contribution in [2.45, 2.75) is 19.1 Å². The molecule has 6 nitrogen and oxygen atoms in total. The number of hydrogen-bond donors (Lipinski definition) is 1. The van der Waals surface area contributed by atoms with Gasteiger partial charge in [-0.1, -0.05) is 24.3 Å². The first-order valence-electron chi connectivity index (χ1n) is 10.4. The highest BCUT2D eigenvalue weighted by atomic mass is 19.4. The van der Waals surface area contributed by atoms with Crippen molar-refractivity contribution in [1.82, 2.24) is 9.55 Å². The Kier molecular flexibility index (Phi) is 6.45. The number of fused-ring (bicyclic) bond motifs is 1. The fourth-order valence-electron chi connectivity index (χ4n) is 3.73. The molecule has 0 saturated heterocycles. The summed E-state index contributed by atoms with van der Waals surface area (Å²) >= 11 is 0. The van der Waals surface area contributed by atoms with E-state index in [1.54, 1.807) is 24.9 Å². The van der Waals surface area contributed by atoms with Gasteiger partial charge >= 0.3 is 6.18 Å². The number of anilines is 1. The van der Waals surface area contributed by atoms with E-state index in [0.717, 1.165) is 23.2 Å². The van der Waals surface area contributed by atoms with Gasteiger partial charge in [0.25, 0.3) is 0 Å². The average Bonchev–Trinajstić information content (AvgIpc) is 3.15. The second-order valence-corrected chi connectivity index (χ2v) is 7.60. The molecule has 0 aliphatic carbocycles. The van der Waals surface area contributed by atoms with Gasteiger partial charge in [-0.2, -0.15) is 13.2 Å². The maximum atomic E-state index is 13.0. The quantitative estimate of drug-likeness (QED) is 0.399. The van der Waals surface area contributed by atoms with Gasteiger partial charge in [0, 0.05) is 12.1 Å². The van der Waals surface area contributed by atoms with Crippen molar-refractivity contribution in [3.05, 3.63) is 83.7 Å². The molecule has 0 aliphatic heterocycles. The second-order valence-electron chi connectivity index (χ2n) is 7.60. The summed E-state index contributed by atoms with van der Waals surface area (Å²) in [6.45, 7) is -0.112. The molecule has 34 heavy (non-hydrogen) atoms. The van der Waals surface area contributed by atoms with Gasteiger partial charge in [-0.25, -0.2) is 4.98 Å². The number of rotatable bonds is 7. The van der Waals surface area contributed by atoms with Crippen molar-refractivity contribution in [3.63, 3.8) is 0 Å². The molecule has 1 aromatic heterocycles. The molecule has 0 aliphatic rings. The third-order valence-corrected chi connectivity index (χ3v) is 5.32. The lowest BCUT2D eigenvalue weighted by molar-refractivity contribution is -0.137. The van der Waals surface area contributed by atoms with E-state index in [2.05, 4.69) is 10.3 Å². The first-order valence-corrected chi connectivity index (χ1v) is 10.4. The van der Waals surface area contributed by atoms with Gasteiger partial charge in [-0.3, -0.25) is 4.79 Å². The van der Waals surface area contributed by atoms with Gasteiger partial charge in [0.2, 0.25) is 5.91 Å². The Hall–Kier alpha value is -4.01. The van der Waals surface area contributed by atoms with Gasteiger partial charge < -0.3 is 19.4 Å². The number of ether oxygens (including phenoxy) is 2. The average molecular weight is 469 g/mol. The topological polar surface area (TPSA) is 65.4 Å². The summed E-state index contributed by atoms with van der Waals surface area (Å²) in [6.07, 6.45) is -4.08. The van der Waals surface area contributed by atoms with Gasteiger partial charge in [0.15, 0.2) is 11.5 Å². The third-order valence-electron chi connectivity index (χ3n) is 5.32. The van der Waals surface area contributed by atoms with Crippen LogP contribution in [0.2, 0.25) is 0 Å². The Morgan fingerprint density at radius 2 is 1.74 bits per heavy atom. The predicted octanol–water partition coefficient (Wildman–Crippen LogP) is 5.30. The van der Waals surface area contributed by atoms with Crippen LogP contribution in [0.4, 0.5) is 18.9 Å². The predicted molar refractivity (Wildman–Crippen MR) is 122 cm³/mol. The summed E-state index contributed by atoms with van der Waals surface area (Å²) < 4.78 is 51.4. The molecular formula is C25H22F3N3O3. The van der Waals surface area contributed by atoms with Gasteiger partial charge in [0.1, 0.15) is 12.4 Å². The van der Waals surface area contributed by atoms with Crippen molar-refractivity contribution in [2.24, 2.45) is 0 Å². The van der Waals surface area contributed by atoms with Crippen LogP contribution in [-0.2, 0) is 23.9 Å². The molecule has 0 saturated carbocycles. The molecule has 0 spiro atoms. The zero-order valence-electron chi connectivity index (χ0n) is 18.5. The summed E-state index contributed by atoms with van der Waals surface area (Å²) in [6, 6.07) is 17.4. The number of imidazole rings is 1. The number of benzene rings is 3. The van der Waals surface area contributed by atoms with Crippen LogP contribution in [-0.4, -0.2) is 29.7 Å². The molecule has 0 fully saturated rings. The molecule has 1 N–H and O–H groups in total. The number of para-hydroxylation sites is 2. The molecular weight excluding hydrogens is 447 g/mol. The number of aromatic nitrogens is 2. The molecule has 0 radical (unpaired) electrons. The van der Waals surface area contributed by atoms with Crippen LogP contribution in [0.25, 0.3) is 11.0 Å². The number of halogens is 3. The first kappa shape index (κ1) is 23.2. The molecule has 176 valence electrons. The molecule has 4 rings (SSSR count). The van der Waals surface area contributed by atoms with E-state index >= 15 is 0 Å². The number of carbonyl (C=O) groups is 1. The largest absolute Gasteiger partial charge is 0.493 e. The normalized spacial score (nSPS) is 11.4. The lowest BCUT2D eigenvalue weighted by Crippen LogP contribution is -2.20. The molecule has 3 aromatic carbocycles. The Bertz CT molecular complexity index is 1330. The van der Waals surface area contributed by atoms with Crippen molar-refractivity contribution in [1.29, 1.82) is 0 Å². The summed E-state index contributed by atoms with van der Waals surface area (Å²) in [5.41, 5.74) is 1.60. The van der Waals surface area contributed by atoms with Gasteiger partial charge in [-0.15, -0.1) is 0 Å². The van der Waals surface area contributed by atoms with E-state index in [4.69, 9.17) is 9.47 Å². The zero-order chi connectivity index (χ0) is 24.3. The minimum Gasteiger partial charge on any atom is -0.493 e. The Morgan fingerprint density at radius 1 is 0.971 bits per heavy atom. The van der Waals surface area contributed by atoms with Gasteiger partial charge in [0.05, 0.1) is 30.8 Å². The minimum absolute atomic E-state index is 0.0747. The van der Waals surface area contributed by atoms with E-state index in [1.165, 1.54) is 12.1 Å². The van der Waals surface area contributed by atoms with E-state index in [0.29, 0.717) is 29.3 Å². The van der Waals surface area contributed by atoms with Crippen LogP contribution in [0.5, 0.6) is 11.5 Å². The number of hydrogen-bond acceptors (Lipinski definition) is 4. The third kappa shape index (κ3) is 4.98. The summed E-state index contributed by atoms with van der Waals surface area (Å²) in [7, 11) is 3.11. The number of alkyl halides is 3. The van der Waals surface area contributed by atoms with E-state index < -0.39 is 17.6 Å². The van der Waals surface area contributed by atoms with Crippen molar-refractivity contribution < 1.29 is 27.4 Å². The lowest BCUT2D eigenvalue weighted by Gasteiger charge is -2.13. The Morgan fingerprint density at radius 3 is 2.47 bits per heavy atom. The Labute approximate surface area is 193 Å². The van der Waals surface area contributed by atoms with Crippen LogP contribution in [0.15, 0.2) is 66.7 Å². The smallest absolute Gasteiger partial charge is 0.416 e. The van der Waals surface area contributed by atoms with E-state index in [1.807, 2.05) is 36.4 Å². The minimum atomic E-state index is -4.49. The Balaban J connectivity index is 1.61. The van der Waals surface area contributed by atoms with E-state index in [-0.39, 0.29) is 12.2 Å². The highest BCUT2D eigenvalue weighted by molar-refractivity contribution is 5.91. The van der Waals surface area contributed by atoms with Crippen LogP contribution in [0.1, 0.15) is 17.0 Å². The van der Waals surface area contributed by atoms with E-state index in [9.17, 15) is 18.0 Å². The van der Waals surface area contributed by atoms with Crippen LogP contribution >= 0.6 is 0 Å². The fourth-order valence-corrected chi connectivity index (χ4v) is 3.73. The molecule has 1 amide bonds. The number of nitrogens with zero attached hydrogens (tertiary/aromatic N) is 2. The van der Waals surface area contributed by atoms with Crippen molar-refractivity contribution in [3.8, 4) is 11.5 Å². The molecule has 4 aromatic rings. The zero-order valence-corrected chi connectivity index (χ0v) is 18.5.